The molecule has 1 amide bonds. The predicted molar refractivity (Wildman–Crippen MR) is 56.9 cm³/mol. The maximum absolute atomic E-state index is 10.7. The molecular formula is C8H7IN2O. The Morgan fingerprint density at radius 3 is 2.75 bits per heavy atom. The summed E-state index contributed by atoms with van der Waals surface area (Å²) >= 11 is 2.11. The summed E-state index contributed by atoms with van der Waals surface area (Å²) in [4.78, 5) is 14.5. The van der Waals surface area contributed by atoms with Crippen molar-refractivity contribution in [2.75, 3.05) is 0 Å². The standard InChI is InChI=1S/C8H7IN2O/c1-11-7-4-5(8(10)12)2-3-6(7)9/h2-4H,1H2,(H2,10,12). The molecule has 3 nitrogen and oxygen atoms in total. The Morgan fingerprint density at radius 2 is 2.25 bits per heavy atom. The van der Waals surface area contributed by atoms with Crippen LogP contribution in [0.4, 0.5) is 5.69 Å². The highest BCUT2D eigenvalue weighted by molar-refractivity contribution is 14.1. The molecule has 1 aromatic carbocycles. The highest BCUT2D eigenvalue weighted by Crippen LogP contribution is 2.21. The summed E-state index contributed by atoms with van der Waals surface area (Å²) in [6, 6.07) is 5.07. The van der Waals surface area contributed by atoms with Gasteiger partial charge >= 0.3 is 0 Å². The van der Waals surface area contributed by atoms with Crippen molar-refractivity contribution in [1.82, 2.24) is 0 Å². The third-order valence-corrected chi connectivity index (χ3v) is 2.31. The molecule has 0 atom stereocenters. The molecule has 0 aliphatic heterocycles. The van der Waals surface area contributed by atoms with Crippen molar-refractivity contribution in [1.29, 1.82) is 0 Å². The monoisotopic (exact) mass is 274 g/mol. The van der Waals surface area contributed by atoms with Crippen LogP contribution in [0.25, 0.3) is 0 Å². The third kappa shape index (κ3) is 1.82. The predicted octanol–water partition coefficient (Wildman–Crippen LogP) is 1.72. The number of halogens is 1. The lowest BCUT2D eigenvalue weighted by molar-refractivity contribution is 0.100. The van der Waals surface area contributed by atoms with Gasteiger partial charge in [0.05, 0.1) is 5.69 Å². The lowest BCUT2D eigenvalue weighted by Crippen LogP contribution is -2.10. The summed E-state index contributed by atoms with van der Waals surface area (Å²) in [7, 11) is 0. The summed E-state index contributed by atoms with van der Waals surface area (Å²) < 4.78 is 0.951. The van der Waals surface area contributed by atoms with Gasteiger partial charge in [0, 0.05) is 9.13 Å². The van der Waals surface area contributed by atoms with Crippen molar-refractivity contribution in [3.63, 3.8) is 0 Å². The van der Waals surface area contributed by atoms with Crippen LogP contribution >= 0.6 is 22.6 Å². The lowest BCUT2D eigenvalue weighted by atomic mass is 10.2. The first-order chi connectivity index (χ1) is 5.65. The minimum atomic E-state index is -0.448. The van der Waals surface area contributed by atoms with Gasteiger partial charge in [-0.15, -0.1) is 0 Å². The van der Waals surface area contributed by atoms with Gasteiger partial charge in [0.2, 0.25) is 5.91 Å². The molecule has 0 aliphatic carbocycles. The van der Waals surface area contributed by atoms with E-state index in [2.05, 4.69) is 34.3 Å². The first kappa shape index (κ1) is 9.18. The number of primary amides is 1. The molecular weight excluding hydrogens is 267 g/mol. The minimum Gasteiger partial charge on any atom is -0.366 e. The second kappa shape index (κ2) is 3.66. The van der Waals surface area contributed by atoms with Crippen LogP contribution in [0.1, 0.15) is 10.4 Å². The van der Waals surface area contributed by atoms with Gasteiger partial charge < -0.3 is 5.73 Å². The maximum atomic E-state index is 10.7. The molecule has 1 aromatic rings. The quantitative estimate of drug-likeness (QED) is 0.648. The molecule has 0 bridgehead atoms. The number of aliphatic imine (C=N–C) groups is 1. The highest BCUT2D eigenvalue weighted by atomic mass is 127. The molecule has 1 rings (SSSR count). The number of hydrogen-bond donors (Lipinski definition) is 1. The Morgan fingerprint density at radius 1 is 1.58 bits per heavy atom. The molecule has 0 saturated heterocycles. The van der Waals surface area contributed by atoms with Gasteiger partial charge in [0.25, 0.3) is 0 Å². The smallest absolute Gasteiger partial charge is 0.248 e. The van der Waals surface area contributed by atoms with Gasteiger partial charge in [-0.05, 0) is 47.5 Å². The van der Waals surface area contributed by atoms with Gasteiger partial charge in [-0.3, -0.25) is 9.79 Å². The molecule has 0 heterocycles. The van der Waals surface area contributed by atoms with E-state index in [1.165, 1.54) is 0 Å². The van der Waals surface area contributed by atoms with E-state index < -0.39 is 5.91 Å². The number of hydrogen-bond acceptors (Lipinski definition) is 2. The SMILES string of the molecule is C=Nc1cc(C(N)=O)ccc1I. The van der Waals surface area contributed by atoms with Crippen molar-refractivity contribution < 1.29 is 4.79 Å². The van der Waals surface area contributed by atoms with Crippen molar-refractivity contribution >= 4 is 40.9 Å². The molecule has 2 N–H and O–H groups in total. The second-order valence-corrected chi connectivity index (χ2v) is 3.35. The van der Waals surface area contributed by atoms with Crippen molar-refractivity contribution in [2.45, 2.75) is 0 Å². The Labute approximate surface area is 83.8 Å². The molecule has 0 aromatic heterocycles. The van der Waals surface area contributed by atoms with Crippen LogP contribution in [0.3, 0.4) is 0 Å². The van der Waals surface area contributed by atoms with E-state index >= 15 is 0 Å². The Hall–Kier alpha value is -0.910. The highest BCUT2D eigenvalue weighted by Gasteiger charge is 2.03. The summed E-state index contributed by atoms with van der Waals surface area (Å²) in [5.41, 5.74) is 6.23. The second-order valence-electron chi connectivity index (χ2n) is 2.19. The number of carbonyl (C=O) groups excluding carboxylic acids is 1. The van der Waals surface area contributed by atoms with E-state index in [0.29, 0.717) is 11.3 Å². The van der Waals surface area contributed by atoms with Crippen LogP contribution in [0.5, 0.6) is 0 Å². The summed E-state index contributed by atoms with van der Waals surface area (Å²) in [5.74, 6) is -0.448. The number of rotatable bonds is 2. The van der Waals surface area contributed by atoms with E-state index in [1.54, 1.807) is 18.2 Å². The van der Waals surface area contributed by atoms with E-state index in [-0.39, 0.29) is 0 Å². The lowest BCUT2D eigenvalue weighted by Gasteiger charge is -1.99. The number of benzene rings is 1. The Bertz CT molecular complexity index is 336. The first-order valence-corrected chi connectivity index (χ1v) is 4.29. The molecule has 4 heteroatoms. The fraction of sp³-hybridized carbons (Fsp3) is 0. The molecule has 0 fully saturated rings. The summed E-state index contributed by atoms with van der Waals surface area (Å²) in [6.07, 6.45) is 0. The first-order valence-electron chi connectivity index (χ1n) is 3.21. The van der Waals surface area contributed by atoms with Crippen molar-refractivity contribution in [3.05, 3.63) is 27.3 Å². The number of nitrogens with two attached hydrogens (primary N) is 1. The van der Waals surface area contributed by atoms with E-state index in [0.717, 1.165) is 3.57 Å². The topological polar surface area (TPSA) is 55.4 Å². The average Bonchev–Trinajstić information content (AvgIpc) is 2.05. The summed E-state index contributed by atoms with van der Waals surface area (Å²) in [6.45, 7) is 3.39. The van der Waals surface area contributed by atoms with Gasteiger partial charge in [0.1, 0.15) is 0 Å². The van der Waals surface area contributed by atoms with Gasteiger partial charge in [-0.1, -0.05) is 0 Å². The van der Waals surface area contributed by atoms with Crippen molar-refractivity contribution in [2.24, 2.45) is 10.7 Å². The van der Waals surface area contributed by atoms with Crippen molar-refractivity contribution in [3.8, 4) is 0 Å². The van der Waals surface area contributed by atoms with Crippen LogP contribution < -0.4 is 5.73 Å². The Kier molecular flexibility index (Phi) is 2.80. The van der Waals surface area contributed by atoms with Gasteiger partial charge in [-0.2, -0.15) is 0 Å². The number of amides is 1. The minimum absolute atomic E-state index is 0.448. The molecule has 0 unspecified atom stereocenters. The van der Waals surface area contributed by atoms with Crippen LogP contribution in [-0.2, 0) is 0 Å². The largest absolute Gasteiger partial charge is 0.366 e. The molecule has 0 aliphatic rings. The van der Waals surface area contributed by atoms with Gasteiger partial charge in [0.15, 0.2) is 0 Å². The van der Waals surface area contributed by atoms with E-state index in [1.807, 2.05) is 0 Å². The maximum Gasteiger partial charge on any atom is 0.248 e. The summed E-state index contributed by atoms with van der Waals surface area (Å²) in [5, 5.41) is 0. The number of nitrogens with zero attached hydrogens (tertiary/aromatic N) is 1. The molecule has 62 valence electrons. The fourth-order valence-electron chi connectivity index (χ4n) is 0.787. The number of carbonyl (C=O) groups is 1. The van der Waals surface area contributed by atoms with E-state index in [4.69, 9.17) is 5.73 Å². The zero-order valence-electron chi connectivity index (χ0n) is 6.25. The zero-order valence-corrected chi connectivity index (χ0v) is 8.41. The van der Waals surface area contributed by atoms with Crippen LogP contribution in [-0.4, -0.2) is 12.6 Å². The fourth-order valence-corrected chi connectivity index (χ4v) is 1.29. The van der Waals surface area contributed by atoms with Crippen LogP contribution in [0.15, 0.2) is 23.2 Å². The van der Waals surface area contributed by atoms with Crippen LogP contribution in [0.2, 0.25) is 0 Å². The van der Waals surface area contributed by atoms with Gasteiger partial charge in [-0.25, -0.2) is 0 Å². The molecule has 0 radical (unpaired) electrons. The molecule has 12 heavy (non-hydrogen) atoms. The van der Waals surface area contributed by atoms with E-state index in [9.17, 15) is 4.79 Å². The molecule has 0 spiro atoms. The average molecular weight is 274 g/mol. The zero-order chi connectivity index (χ0) is 9.14. The van der Waals surface area contributed by atoms with Crippen LogP contribution in [0, 0.1) is 3.57 Å². The third-order valence-electron chi connectivity index (χ3n) is 1.40. The normalized spacial score (nSPS) is 9.42. The molecule has 0 saturated carbocycles. The Balaban J connectivity index is 3.22.